The molecule has 1 fully saturated rings. The van der Waals surface area contributed by atoms with Gasteiger partial charge in [0.15, 0.2) is 0 Å². The molecule has 1 aliphatic rings. The fourth-order valence-electron chi connectivity index (χ4n) is 1.68. The highest BCUT2D eigenvalue weighted by molar-refractivity contribution is 5.36. The summed E-state index contributed by atoms with van der Waals surface area (Å²) in [5, 5.41) is 3.27. The molecule has 0 spiro atoms. The van der Waals surface area contributed by atoms with E-state index in [0.29, 0.717) is 0 Å². The minimum Gasteiger partial charge on any atom is -0.370 e. The minimum absolute atomic E-state index is 0.853. The summed E-state index contributed by atoms with van der Waals surface area (Å²) >= 11 is 0. The van der Waals surface area contributed by atoms with Crippen LogP contribution in [-0.2, 0) is 12.8 Å². The molecule has 1 heterocycles. The molecule has 0 amide bonds. The second-order valence-electron chi connectivity index (χ2n) is 4.19. The summed E-state index contributed by atoms with van der Waals surface area (Å²) in [5.74, 6) is 2.86. The summed E-state index contributed by atoms with van der Waals surface area (Å²) in [6, 6.07) is 2.06. The van der Waals surface area contributed by atoms with E-state index < -0.39 is 0 Å². The van der Waals surface area contributed by atoms with E-state index in [1.54, 1.807) is 0 Å². The number of anilines is 1. The fourth-order valence-corrected chi connectivity index (χ4v) is 1.68. The van der Waals surface area contributed by atoms with E-state index in [1.807, 2.05) is 0 Å². The molecule has 0 saturated heterocycles. The van der Waals surface area contributed by atoms with Crippen LogP contribution in [0.2, 0.25) is 0 Å². The lowest BCUT2D eigenvalue weighted by molar-refractivity contribution is 0.758. The Balaban J connectivity index is 2.15. The van der Waals surface area contributed by atoms with Crippen LogP contribution in [0.3, 0.4) is 0 Å². The van der Waals surface area contributed by atoms with Gasteiger partial charge in [0.2, 0.25) is 0 Å². The number of nitrogens with one attached hydrogen (secondary N) is 1. The van der Waals surface area contributed by atoms with Crippen molar-refractivity contribution >= 4 is 5.82 Å². The maximum absolute atomic E-state index is 4.56. The molecule has 0 aromatic carbocycles. The molecule has 82 valence electrons. The van der Waals surface area contributed by atoms with Crippen molar-refractivity contribution in [2.75, 3.05) is 11.9 Å². The Labute approximate surface area is 91.3 Å². The Bertz CT molecular complexity index is 332. The molecule has 1 aliphatic carbocycles. The molecule has 1 N–H and O–H groups in total. The van der Waals surface area contributed by atoms with Crippen molar-refractivity contribution in [3.05, 3.63) is 17.6 Å². The summed E-state index contributed by atoms with van der Waals surface area (Å²) in [4.78, 5) is 9.09. The van der Waals surface area contributed by atoms with Gasteiger partial charge in [0, 0.05) is 24.7 Å². The van der Waals surface area contributed by atoms with Gasteiger partial charge in [-0.3, -0.25) is 0 Å². The quantitative estimate of drug-likeness (QED) is 0.802. The lowest BCUT2D eigenvalue weighted by Gasteiger charge is -2.07. The maximum atomic E-state index is 4.56. The second kappa shape index (κ2) is 4.60. The molecule has 15 heavy (non-hydrogen) atoms. The monoisotopic (exact) mass is 205 g/mol. The van der Waals surface area contributed by atoms with Crippen molar-refractivity contribution in [2.45, 2.75) is 39.5 Å². The van der Waals surface area contributed by atoms with Crippen LogP contribution in [0.25, 0.3) is 0 Å². The summed E-state index contributed by atoms with van der Waals surface area (Å²) < 4.78 is 0. The number of aromatic nitrogens is 2. The molecule has 1 aromatic rings. The second-order valence-corrected chi connectivity index (χ2v) is 4.19. The van der Waals surface area contributed by atoms with Gasteiger partial charge >= 0.3 is 0 Å². The number of hydrogen-bond donors (Lipinski definition) is 1. The third kappa shape index (κ3) is 2.91. The first-order valence-corrected chi connectivity index (χ1v) is 5.92. The standard InChI is InChI=1S/C12H19N3/c1-3-10-8-11(13-4-2)15-12(14-10)7-9-5-6-9/h8-9H,3-7H2,1-2H3,(H,13,14,15). The topological polar surface area (TPSA) is 37.8 Å². The van der Waals surface area contributed by atoms with E-state index in [9.17, 15) is 0 Å². The SMILES string of the molecule is CCNc1cc(CC)nc(CC2CC2)n1. The predicted octanol–water partition coefficient (Wildman–Crippen LogP) is 2.42. The van der Waals surface area contributed by atoms with Crippen molar-refractivity contribution in [1.82, 2.24) is 9.97 Å². The highest BCUT2D eigenvalue weighted by Crippen LogP contribution is 2.31. The molecule has 0 unspecified atom stereocenters. The molecule has 1 saturated carbocycles. The number of aryl methyl sites for hydroxylation is 1. The molecule has 3 nitrogen and oxygen atoms in total. The lowest BCUT2D eigenvalue weighted by Crippen LogP contribution is -2.06. The Morgan fingerprint density at radius 2 is 2.13 bits per heavy atom. The number of nitrogens with zero attached hydrogens (tertiary/aromatic N) is 2. The van der Waals surface area contributed by atoms with Crippen LogP contribution in [0.4, 0.5) is 5.82 Å². The van der Waals surface area contributed by atoms with Crippen LogP contribution < -0.4 is 5.32 Å². The van der Waals surface area contributed by atoms with Crippen LogP contribution in [0.1, 0.15) is 38.2 Å². The maximum Gasteiger partial charge on any atom is 0.131 e. The van der Waals surface area contributed by atoms with Gasteiger partial charge < -0.3 is 5.32 Å². The third-order valence-electron chi connectivity index (χ3n) is 2.71. The first-order valence-electron chi connectivity index (χ1n) is 5.92. The normalized spacial score (nSPS) is 15.3. The molecule has 1 aromatic heterocycles. The van der Waals surface area contributed by atoms with Gasteiger partial charge in [-0.15, -0.1) is 0 Å². The fraction of sp³-hybridized carbons (Fsp3) is 0.667. The van der Waals surface area contributed by atoms with E-state index in [0.717, 1.165) is 42.6 Å². The minimum atomic E-state index is 0.853. The van der Waals surface area contributed by atoms with E-state index in [1.165, 1.54) is 12.8 Å². The van der Waals surface area contributed by atoms with E-state index in [4.69, 9.17) is 0 Å². The zero-order valence-corrected chi connectivity index (χ0v) is 9.58. The summed E-state index contributed by atoms with van der Waals surface area (Å²) in [5.41, 5.74) is 1.15. The molecule has 0 radical (unpaired) electrons. The van der Waals surface area contributed by atoms with E-state index >= 15 is 0 Å². The zero-order chi connectivity index (χ0) is 10.7. The Morgan fingerprint density at radius 1 is 1.33 bits per heavy atom. The Kier molecular flexibility index (Phi) is 3.19. The average Bonchev–Trinajstić information content (AvgIpc) is 3.02. The third-order valence-corrected chi connectivity index (χ3v) is 2.71. The van der Waals surface area contributed by atoms with Gasteiger partial charge in [-0.1, -0.05) is 6.92 Å². The molecule has 0 aliphatic heterocycles. The summed E-state index contributed by atoms with van der Waals surface area (Å²) in [6.07, 6.45) is 4.76. The molecule has 0 bridgehead atoms. The lowest BCUT2D eigenvalue weighted by atomic mass is 10.2. The van der Waals surface area contributed by atoms with E-state index in [-0.39, 0.29) is 0 Å². The Hall–Kier alpha value is -1.12. The van der Waals surface area contributed by atoms with Crippen molar-refractivity contribution in [1.29, 1.82) is 0 Å². The van der Waals surface area contributed by atoms with Crippen LogP contribution >= 0.6 is 0 Å². The molecule has 2 rings (SSSR count). The zero-order valence-electron chi connectivity index (χ0n) is 9.58. The van der Waals surface area contributed by atoms with Crippen molar-refractivity contribution < 1.29 is 0 Å². The first kappa shape index (κ1) is 10.4. The van der Waals surface area contributed by atoms with Crippen LogP contribution in [0.5, 0.6) is 0 Å². The van der Waals surface area contributed by atoms with Gasteiger partial charge in [0.25, 0.3) is 0 Å². The Morgan fingerprint density at radius 3 is 2.73 bits per heavy atom. The summed E-state index contributed by atoms with van der Waals surface area (Å²) in [6.45, 7) is 5.15. The predicted molar refractivity (Wildman–Crippen MR) is 62.0 cm³/mol. The van der Waals surface area contributed by atoms with Gasteiger partial charge in [-0.05, 0) is 32.1 Å². The highest BCUT2D eigenvalue weighted by atomic mass is 15.0. The van der Waals surface area contributed by atoms with Gasteiger partial charge in [-0.2, -0.15) is 0 Å². The molecule has 0 atom stereocenters. The molecule has 3 heteroatoms. The highest BCUT2D eigenvalue weighted by Gasteiger charge is 2.23. The molecular formula is C12H19N3. The van der Waals surface area contributed by atoms with Crippen LogP contribution in [0, 0.1) is 5.92 Å². The van der Waals surface area contributed by atoms with E-state index in [2.05, 4.69) is 35.2 Å². The van der Waals surface area contributed by atoms with Gasteiger partial charge in [0.1, 0.15) is 11.6 Å². The average molecular weight is 205 g/mol. The van der Waals surface area contributed by atoms with Gasteiger partial charge in [0.05, 0.1) is 0 Å². The largest absolute Gasteiger partial charge is 0.370 e. The number of rotatable bonds is 5. The smallest absolute Gasteiger partial charge is 0.131 e. The summed E-state index contributed by atoms with van der Waals surface area (Å²) in [7, 11) is 0. The first-order chi connectivity index (χ1) is 7.31. The van der Waals surface area contributed by atoms with Gasteiger partial charge in [-0.25, -0.2) is 9.97 Å². The van der Waals surface area contributed by atoms with Crippen molar-refractivity contribution in [2.24, 2.45) is 5.92 Å². The van der Waals surface area contributed by atoms with Crippen LogP contribution in [0.15, 0.2) is 6.07 Å². The van der Waals surface area contributed by atoms with Crippen LogP contribution in [-0.4, -0.2) is 16.5 Å². The number of hydrogen-bond acceptors (Lipinski definition) is 3. The van der Waals surface area contributed by atoms with Crippen molar-refractivity contribution in [3.63, 3.8) is 0 Å². The van der Waals surface area contributed by atoms with Crippen molar-refractivity contribution in [3.8, 4) is 0 Å². The molecular weight excluding hydrogens is 186 g/mol.